The number of nitrogens with zero attached hydrogens (tertiary/aromatic N) is 2. The first-order valence-corrected chi connectivity index (χ1v) is 8.36. The van der Waals surface area contributed by atoms with E-state index in [-0.39, 0.29) is 23.2 Å². The van der Waals surface area contributed by atoms with E-state index in [1.54, 1.807) is 6.92 Å². The minimum Gasteiger partial charge on any atom is -0.351 e. The number of anilines is 2. The molecule has 0 bridgehead atoms. The lowest BCUT2D eigenvalue weighted by atomic mass is 10.2. The van der Waals surface area contributed by atoms with Gasteiger partial charge in [-0.25, -0.2) is 9.97 Å². The topological polar surface area (TPSA) is 66.9 Å². The molecule has 0 saturated heterocycles. The Bertz CT molecular complexity index is 796. The smallest absolute Gasteiger partial charge is 0.351 e. The minimum absolute atomic E-state index is 0.0288. The van der Waals surface area contributed by atoms with Crippen LogP contribution in [0.25, 0.3) is 0 Å². The summed E-state index contributed by atoms with van der Waals surface area (Å²) < 4.78 is 38.9. The quantitative estimate of drug-likeness (QED) is 0.704. The Morgan fingerprint density at radius 2 is 1.96 bits per heavy atom. The molecule has 2 rings (SSSR count). The van der Waals surface area contributed by atoms with E-state index >= 15 is 0 Å². The number of alkyl halides is 3. The summed E-state index contributed by atoms with van der Waals surface area (Å²) in [6.07, 6.45) is -2.80. The Balaban J connectivity index is 2.23. The summed E-state index contributed by atoms with van der Waals surface area (Å²) in [7, 11) is 0. The van der Waals surface area contributed by atoms with Crippen LogP contribution in [0.5, 0.6) is 0 Å². The van der Waals surface area contributed by atoms with E-state index in [0.717, 1.165) is 25.0 Å². The summed E-state index contributed by atoms with van der Waals surface area (Å²) in [5.41, 5.74) is -0.201. The zero-order valence-electron chi connectivity index (χ0n) is 14.2. The first-order valence-electron chi connectivity index (χ1n) is 7.98. The van der Waals surface area contributed by atoms with Crippen molar-refractivity contribution >= 4 is 29.1 Å². The van der Waals surface area contributed by atoms with Gasteiger partial charge in [-0.05, 0) is 37.6 Å². The van der Waals surface area contributed by atoms with Crippen LogP contribution >= 0.6 is 11.6 Å². The number of aromatic nitrogens is 2. The van der Waals surface area contributed by atoms with Crippen molar-refractivity contribution in [3.05, 3.63) is 46.2 Å². The summed E-state index contributed by atoms with van der Waals surface area (Å²) >= 11 is 5.60. The molecule has 0 unspecified atom stereocenters. The molecule has 2 aromatic rings. The van der Waals surface area contributed by atoms with Crippen LogP contribution in [-0.2, 0) is 6.18 Å². The van der Waals surface area contributed by atoms with Crippen LogP contribution in [0, 0.1) is 6.92 Å². The molecular weight excluding hydrogens is 369 g/mol. The maximum absolute atomic E-state index is 13.0. The molecule has 26 heavy (non-hydrogen) atoms. The van der Waals surface area contributed by atoms with Crippen molar-refractivity contribution in [2.75, 3.05) is 11.9 Å². The predicted molar refractivity (Wildman–Crippen MR) is 93.7 cm³/mol. The van der Waals surface area contributed by atoms with Crippen molar-refractivity contribution < 1.29 is 18.0 Å². The maximum atomic E-state index is 13.0. The van der Waals surface area contributed by atoms with Gasteiger partial charge < -0.3 is 10.6 Å². The van der Waals surface area contributed by atoms with Crippen LogP contribution in [0.3, 0.4) is 0 Å². The molecule has 1 aromatic carbocycles. The summed E-state index contributed by atoms with van der Waals surface area (Å²) in [6, 6.07) is 4.90. The second-order valence-electron chi connectivity index (χ2n) is 5.65. The number of aryl methyl sites for hydroxylation is 1. The SMILES string of the molecule is CCCCNC(=O)c1cc(C)nc(Nc2ccc(Cl)c(C(F)(F)F)c2)n1. The van der Waals surface area contributed by atoms with Crippen molar-refractivity contribution in [1.29, 1.82) is 0 Å². The average molecular weight is 387 g/mol. The van der Waals surface area contributed by atoms with E-state index in [2.05, 4.69) is 20.6 Å². The molecule has 9 heteroatoms. The molecule has 0 atom stereocenters. The van der Waals surface area contributed by atoms with E-state index in [9.17, 15) is 18.0 Å². The van der Waals surface area contributed by atoms with Crippen LogP contribution in [0.4, 0.5) is 24.8 Å². The molecule has 2 N–H and O–H groups in total. The number of hydrogen-bond acceptors (Lipinski definition) is 4. The molecule has 0 fully saturated rings. The molecule has 0 aliphatic carbocycles. The van der Waals surface area contributed by atoms with Gasteiger partial charge in [-0.1, -0.05) is 24.9 Å². The van der Waals surface area contributed by atoms with Crippen LogP contribution < -0.4 is 10.6 Å². The first kappa shape index (κ1) is 20.0. The number of halogens is 4. The third kappa shape index (κ3) is 5.32. The zero-order chi connectivity index (χ0) is 19.3. The maximum Gasteiger partial charge on any atom is 0.417 e. The standard InChI is InChI=1S/C17H18ClF3N4O/c1-3-4-7-22-15(26)14-8-10(2)23-16(25-14)24-11-5-6-13(18)12(9-11)17(19,20)21/h5-6,8-9H,3-4,7H2,1-2H3,(H,22,26)(H,23,24,25). The molecule has 0 aliphatic heterocycles. The van der Waals surface area contributed by atoms with Crippen LogP contribution in [0.2, 0.25) is 5.02 Å². The van der Waals surface area contributed by atoms with Gasteiger partial charge in [0.15, 0.2) is 0 Å². The molecule has 1 aromatic heterocycles. The van der Waals surface area contributed by atoms with Crippen molar-refractivity contribution in [3.63, 3.8) is 0 Å². The van der Waals surface area contributed by atoms with E-state index in [4.69, 9.17) is 11.6 Å². The van der Waals surface area contributed by atoms with Gasteiger partial charge in [0.1, 0.15) is 5.69 Å². The summed E-state index contributed by atoms with van der Waals surface area (Å²) in [6.45, 7) is 4.19. The van der Waals surface area contributed by atoms with Crippen LogP contribution in [0.15, 0.2) is 24.3 Å². The van der Waals surface area contributed by atoms with Crippen molar-refractivity contribution in [2.24, 2.45) is 0 Å². The molecule has 1 amide bonds. The van der Waals surface area contributed by atoms with Gasteiger partial charge in [-0.15, -0.1) is 0 Å². The molecule has 0 radical (unpaired) electrons. The number of amides is 1. The van der Waals surface area contributed by atoms with E-state index in [1.165, 1.54) is 12.1 Å². The van der Waals surface area contributed by atoms with Gasteiger partial charge in [0.05, 0.1) is 10.6 Å². The largest absolute Gasteiger partial charge is 0.417 e. The monoisotopic (exact) mass is 386 g/mol. The van der Waals surface area contributed by atoms with E-state index in [0.29, 0.717) is 12.2 Å². The lowest BCUT2D eigenvalue weighted by Crippen LogP contribution is -2.25. The predicted octanol–water partition coefficient (Wildman–Crippen LogP) is 4.73. The number of rotatable bonds is 6. The second kappa shape index (κ2) is 8.35. The molecule has 1 heterocycles. The Labute approximate surface area is 154 Å². The van der Waals surface area contributed by atoms with Gasteiger partial charge in [-0.2, -0.15) is 13.2 Å². The highest BCUT2D eigenvalue weighted by Crippen LogP contribution is 2.36. The highest BCUT2D eigenvalue weighted by atomic mass is 35.5. The lowest BCUT2D eigenvalue weighted by Gasteiger charge is -2.12. The summed E-state index contributed by atoms with van der Waals surface area (Å²) in [5, 5.41) is 5.02. The third-order valence-corrected chi connectivity index (χ3v) is 3.76. The van der Waals surface area contributed by atoms with Gasteiger partial charge in [0, 0.05) is 17.9 Å². The third-order valence-electron chi connectivity index (χ3n) is 3.43. The zero-order valence-corrected chi connectivity index (χ0v) is 15.0. The number of hydrogen-bond donors (Lipinski definition) is 2. The van der Waals surface area contributed by atoms with Crippen molar-refractivity contribution in [2.45, 2.75) is 32.9 Å². The number of carbonyl (C=O) groups is 1. The molecule has 140 valence electrons. The van der Waals surface area contributed by atoms with Gasteiger partial charge in [0.25, 0.3) is 5.91 Å². The second-order valence-corrected chi connectivity index (χ2v) is 6.05. The Morgan fingerprint density at radius 3 is 2.62 bits per heavy atom. The number of unbranched alkanes of at least 4 members (excludes halogenated alkanes) is 1. The molecule has 5 nitrogen and oxygen atoms in total. The fourth-order valence-electron chi connectivity index (χ4n) is 2.16. The highest BCUT2D eigenvalue weighted by Gasteiger charge is 2.33. The van der Waals surface area contributed by atoms with Gasteiger partial charge in [0.2, 0.25) is 5.95 Å². The van der Waals surface area contributed by atoms with Gasteiger partial charge >= 0.3 is 6.18 Å². The van der Waals surface area contributed by atoms with E-state index in [1.807, 2.05) is 6.92 Å². The molecular formula is C17H18ClF3N4O. The van der Waals surface area contributed by atoms with Crippen LogP contribution in [0.1, 0.15) is 41.5 Å². The van der Waals surface area contributed by atoms with Crippen molar-refractivity contribution in [3.8, 4) is 0 Å². The Kier molecular flexibility index (Phi) is 6.42. The Morgan fingerprint density at radius 1 is 1.23 bits per heavy atom. The molecule has 0 aliphatic rings. The molecule has 0 saturated carbocycles. The lowest BCUT2D eigenvalue weighted by molar-refractivity contribution is -0.137. The highest BCUT2D eigenvalue weighted by molar-refractivity contribution is 6.31. The van der Waals surface area contributed by atoms with Crippen LogP contribution in [-0.4, -0.2) is 22.4 Å². The first-order chi connectivity index (χ1) is 12.2. The number of carbonyl (C=O) groups excluding carboxylic acids is 1. The summed E-state index contributed by atoms with van der Waals surface area (Å²) in [4.78, 5) is 20.3. The molecule has 0 spiro atoms. The van der Waals surface area contributed by atoms with Gasteiger partial charge in [-0.3, -0.25) is 4.79 Å². The normalized spacial score (nSPS) is 11.3. The Hall–Kier alpha value is -2.35. The van der Waals surface area contributed by atoms with Crippen molar-refractivity contribution in [1.82, 2.24) is 15.3 Å². The minimum atomic E-state index is -4.58. The average Bonchev–Trinajstić information content (AvgIpc) is 2.55. The number of benzene rings is 1. The fourth-order valence-corrected chi connectivity index (χ4v) is 2.38. The fraction of sp³-hybridized carbons (Fsp3) is 0.353. The van der Waals surface area contributed by atoms with E-state index < -0.39 is 16.8 Å². The summed E-state index contributed by atoms with van der Waals surface area (Å²) in [5.74, 6) is -0.333. The number of nitrogens with one attached hydrogen (secondary N) is 2.